The molecule has 0 bridgehead atoms. The highest BCUT2D eigenvalue weighted by atomic mass is 16.5. The minimum atomic E-state index is 0.799. The van der Waals surface area contributed by atoms with Gasteiger partial charge in [0.05, 0.1) is 6.61 Å². The summed E-state index contributed by atoms with van der Waals surface area (Å²) < 4.78 is 5.39. The summed E-state index contributed by atoms with van der Waals surface area (Å²) in [6.45, 7) is 3.16. The third kappa shape index (κ3) is 0.970. The fourth-order valence-electron chi connectivity index (χ4n) is 1.60. The van der Waals surface area contributed by atoms with Crippen LogP contribution in [0, 0.1) is 5.92 Å². The largest absolute Gasteiger partial charge is 0.381 e. The van der Waals surface area contributed by atoms with Gasteiger partial charge in [-0.3, -0.25) is 0 Å². The van der Waals surface area contributed by atoms with Crippen LogP contribution in [0.3, 0.4) is 0 Å². The van der Waals surface area contributed by atoms with Crippen molar-refractivity contribution < 1.29 is 4.74 Å². The van der Waals surface area contributed by atoms with Gasteiger partial charge in [-0.2, -0.15) is 0 Å². The number of hydrogen-bond acceptors (Lipinski definition) is 2. The summed E-state index contributed by atoms with van der Waals surface area (Å²) in [7, 11) is 0. The number of nitrogens with one attached hydrogen (secondary N) is 1. The maximum Gasteiger partial charge on any atom is 0.0521 e. The Hall–Kier alpha value is -0.0800. The molecule has 9 heavy (non-hydrogen) atoms. The highest BCUT2D eigenvalue weighted by Crippen LogP contribution is 2.20. The molecular formula is C7H13NO. The van der Waals surface area contributed by atoms with Gasteiger partial charge >= 0.3 is 0 Å². The molecule has 1 N–H and O–H groups in total. The second kappa shape index (κ2) is 2.27. The second-order valence-corrected chi connectivity index (χ2v) is 2.99. The van der Waals surface area contributed by atoms with E-state index in [0.717, 1.165) is 25.2 Å². The molecule has 52 valence electrons. The third-order valence-corrected chi connectivity index (χ3v) is 2.35. The van der Waals surface area contributed by atoms with Crippen LogP contribution in [0.2, 0.25) is 0 Å². The van der Waals surface area contributed by atoms with E-state index in [2.05, 4.69) is 5.32 Å². The summed E-state index contributed by atoms with van der Waals surface area (Å²) in [5.41, 5.74) is 0. The minimum Gasteiger partial charge on any atom is -0.381 e. The summed E-state index contributed by atoms with van der Waals surface area (Å²) >= 11 is 0. The fraction of sp³-hybridized carbons (Fsp3) is 1.00. The van der Waals surface area contributed by atoms with Crippen LogP contribution in [0.5, 0.6) is 0 Å². The van der Waals surface area contributed by atoms with E-state index < -0.39 is 0 Å². The first kappa shape index (κ1) is 5.69. The lowest BCUT2D eigenvalue weighted by atomic mass is 9.90. The van der Waals surface area contributed by atoms with Gasteiger partial charge in [-0.1, -0.05) is 0 Å². The van der Waals surface area contributed by atoms with Gasteiger partial charge in [0, 0.05) is 25.1 Å². The average molecular weight is 127 g/mol. The van der Waals surface area contributed by atoms with Crippen LogP contribution in [0.25, 0.3) is 0 Å². The van der Waals surface area contributed by atoms with Crippen molar-refractivity contribution in [3.63, 3.8) is 0 Å². The minimum absolute atomic E-state index is 0.799. The normalized spacial score (nSPS) is 42.7. The van der Waals surface area contributed by atoms with Crippen molar-refractivity contribution in [2.45, 2.75) is 18.9 Å². The Kier molecular flexibility index (Phi) is 1.44. The van der Waals surface area contributed by atoms with Gasteiger partial charge in [-0.05, 0) is 12.8 Å². The SMILES string of the molecule is C1COCC2CNC2C1. The Labute approximate surface area is 55.6 Å². The molecule has 2 aliphatic heterocycles. The topological polar surface area (TPSA) is 21.3 Å². The molecule has 0 aromatic heterocycles. The fourth-order valence-corrected chi connectivity index (χ4v) is 1.60. The van der Waals surface area contributed by atoms with Gasteiger partial charge in [0.15, 0.2) is 0 Å². The van der Waals surface area contributed by atoms with E-state index in [1.165, 1.54) is 19.4 Å². The van der Waals surface area contributed by atoms with Crippen LogP contribution in [-0.4, -0.2) is 25.8 Å². The molecule has 0 aliphatic carbocycles. The quantitative estimate of drug-likeness (QED) is 0.508. The van der Waals surface area contributed by atoms with Crippen LogP contribution in [0.4, 0.5) is 0 Å². The molecule has 0 saturated carbocycles. The van der Waals surface area contributed by atoms with E-state index in [-0.39, 0.29) is 0 Å². The zero-order valence-corrected chi connectivity index (χ0v) is 5.60. The van der Waals surface area contributed by atoms with Gasteiger partial charge in [-0.15, -0.1) is 0 Å². The lowest BCUT2D eigenvalue weighted by Crippen LogP contribution is -2.53. The van der Waals surface area contributed by atoms with Crippen molar-refractivity contribution in [1.29, 1.82) is 0 Å². The zero-order valence-electron chi connectivity index (χ0n) is 5.60. The van der Waals surface area contributed by atoms with Crippen molar-refractivity contribution in [3.05, 3.63) is 0 Å². The first-order valence-electron chi connectivity index (χ1n) is 3.78. The molecule has 0 amide bonds. The summed E-state index contributed by atoms with van der Waals surface area (Å²) in [6, 6.07) is 0.799. The Balaban J connectivity index is 1.90. The maximum absolute atomic E-state index is 5.39. The predicted octanol–water partition coefficient (Wildman–Crippen LogP) is 0.385. The second-order valence-electron chi connectivity index (χ2n) is 2.99. The molecule has 2 heteroatoms. The molecule has 2 atom stereocenters. The van der Waals surface area contributed by atoms with Crippen molar-refractivity contribution in [1.82, 2.24) is 5.32 Å². The van der Waals surface area contributed by atoms with Crippen molar-refractivity contribution in [3.8, 4) is 0 Å². The number of fused-ring (bicyclic) bond motifs is 1. The van der Waals surface area contributed by atoms with E-state index in [1.54, 1.807) is 0 Å². The van der Waals surface area contributed by atoms with Crippen LogP contribution >= 0.6 is 0 Å². The zero-order chi connectivity index (χ0) is 6.10. The molecule has 2 aliphatic rings. The highest BCUT2D eigenvalue weighted by Gasteiger charge is 2.31. The number of rotatable bonds is 0. The van der Waals surface area contributed by atoms with Crippen molar-refractivity contribution >= 4 is 0 Å². The van der Waals surface area contributed by atoms with Crippen LogP contribution in [0.15, 0.2) is 0 Å². The molecular weight excluding hydrogens is 114 g/mol. The van der Waals surface area contributed by atoms with Crippen molar-refractivity contribution in [2.75, 3.05) is 19.8 Å². The Morgan fingerprint density at radius 3 is 3.22 bits per heavy atom. The molecule has 0 spiro atoms. The smallest absolute Gasteiger partial charge is 0.0521 e. The maximum atomic E-state index is 5.39. The first-order valence-corrected chi connectivity index (χ1v) is 3.78. The summed E-state index contributed by atoms with van der Waals surface area (Å²) in [5.74, 6) is 0.840. The molecule has 2 fully saturated rings. The molecule has 2 rings (SSSR count). The van der Waals surface area contributed by atoms with Crippen LogP contribution < -0.4 is 5.32 Å². The molecule has 0 radical (unpaired) electrons. The van der Waals surface area contributed by atoms with E-state index in [9.17, 15) is 0 Å². The van der Waals surface area contributed by atoms with Crippen LogP contribution in [-0.2, 0) is 4.74 Å². The Bertz CT molecular complexity index is 93.1. The van der Waals surface area contributed by atoms with E-state index in [1.807, 2.05) is 0 Å². The van der Waals surface area contributed by atoms with Gasteiger partial charge in [0.1, 0.15) is 0 Å². The van der Waals surface area contributed by atoms with E-state index in [0.29, 0.717) is 0 Å². The average Bonchev–Trinajstić information content (AvgIpc) is 1.94. The molecule has 2 saturated heterocycles. The standard InChI is InChI=1S/C7H13NO/c1-2-7-6(4-8-7)5-9-3-1/h6-8H,1-5H2. The monoisotopic (exact) mass is 127 g/mol. The van der Waals surface area contributed by atoms with Crippen LogP contribution in [0.1, 0.15) is 12.8 Å². The molecule has 0 aromatic carbocycles. The lowest BCUT2D eigenvalue weighted by Gasteiger charge is -2.35. The molecule has 0 aromatic rings. The predicted molar refractivity (Wildman–Crippen MR) is 35.3 cm³/mol. The highest BCUT2D eigenvalue weighted by molar-refractivity contribution is 4.88. The molecule has 2 nitrogen and oxygen atoms in total. The van der Waals surface area contributed by atoms with Gasteiger partial charge < -0.3 is 10.1 Å². The third-order valence-electron chi connectivity index (χ3n) is 2.35. The van der Waals surface area contributed by atoms with Gasteiger partial charge in [0.25, 0.3) is 0 Å². The van der Waals surface area contributed by atoms with E-state index >= 15 is 0 Å². The van der Waals surface area contributed by atoms with Gasteiger partial charge in [0.2, 0.25) is 0 Å². The Morgan fingerprint density at radius 1 is 1.44 bits per heavy atom. The molecule has 2 heterocycles. The molecule has 2 unspecified atom stereocenters. The number of ether oxygens (including phenoxy) is 1. The summed E-state index contributed by atoms with van der Waals surface area (Å²) in [4.78, 5) is 0. The summed E-state index contributed by atoms with van der Waals surface area (Å²) in [6.07, 6.45) is 2.57. The summed E-state index contributed by atoms with van der Waals surface area (Å²) in [5, 5.41) is 3.41. The van der Waals surface area contributed by atoms with Gasteiger partial charge in [-0.25, -0.2) is 0 Å². The van der Waals surface area contributed by atoms with E-state index in [4.69, 9.17) is 4.74 Å². The lowest BCUT2D eigenvalue weighted by molar-refractivity contribution is 0.0842. The van der Waals surface area contributed by atoms with Crippen molar-refractivity contribution in [2.24, 2.45) is 5.92 Å². The number of hydrogen-bond donors (Lipinski definition) is 1. The first-order chi connectivity index (χ1) is 4.47. The Morgan fingerprint density at radius 2 is 2.44 bits per heavy atom.